The quantitative estimate of drug-likeness (QED) is 0.878. The Kier molecular flexibility index (Phi) is 5.39. The third-order valence-electron chi connectivity index (χ3n) is 2.81. The van der Waals surface area contributed by atoms with Crippen molar-refractivity contribution in [3.63, 3.8) is 0 Å². The van der Waals surface area contributed by atoms with Gasteiger partial charge in [-0.3, -0.25) is 0 Å². The highest BCUT2D eigenvalue weighted by molar-refractivity contribution is 6.31. The highest BCUT2D eigenvalue weighted by Gasteiger charge is 2.03. The number of hydrogen-bond donors (Lipinski definition) is 1. The van der Waals surface area contributed by atoms with E-state index in [2.05, 4.69) is 24.1 Å². The molecule has 1 aromatic heterocycles. The lowest BCUT2D eigenvalue weighted by Crippen LogP contribution is -2.22. The standard InChI is InChI=1S/C16H19ClN2O/c1-12(2)18-10-14-7-5-9-16(19-14)20-11-13-6-3-4-8-15(13)17/h3-9,12,18H,10-11H2,1-2H3. The smallest absolute Gasteiger partial charge is 0.213 e. The molecular weight excluding hydrogens is 272 g/mol. The summed E-state index contributed by atoms with van der Waals surface area (Å²) in [7, 11) is 0. The molecule has 0 saturated heterocycles. The van der Waals surface area contributed by atoms with Crippen molar-refractivity contribution in [1.82, 2.24) is 10.3 Å². The highest BCUT2D eigenvalue weighted by Crippen LogP contribution is 2.17. The molecule has 0 atom stereocenters. The van der Waals surface area contributed by atoms with Crippen LogP contribution in [0.15, 0.2) is 42.5 Å². The van der Waals surface area contributed by atoms with Crippen molar-refractivity contribution >= 4 is 11.6 Å². The number of halogens is 1. The van der Waals surface area contributed by atoms with E-state index in [1.807, 2.05) is 42.5 Å². The van der Waals surface area contributed by atoms with Crippen LogP contribution in [-0.2, 0) is 13.2 Å². The first-order valence-electron chi connectivity index (χ1n) is 6.70. The van der Waals surface area contributed by atoms with Gasteiger partial charge in [0, 0.05) is 29.2 Å². The highest BCUT2D eigenvalue weighted by atomic mass is 35.5. The van der Waals surface area contributed by atoms with Crippen LogP contribution < -0.4 is 10.1 Å². The first-order chi connectivity index (χ1) is 9.65. The zero-order valence-electron chi connectivity index (χ0n) is 11.8. The van der Waals surface area contributed by atoms with Crippen LogP contribution in [0.1, 0.15) is 25.1 Å². The summed E-state index contributed by atoms with van der Waals surface area (Å²) in [5.41, 5.74) is 1.93. The lowest BCUT2D eigenvalue weighted by atomic mass is 10.2. The van der Waals surface area contributed by atoms with Crippen LogP contribution in [0.4, 0.5) is 0 Å². The number of aromatic nitrogens is 1. The van der Waals surface area contributed by atoms with Crippen LogP contribution in [0, 0.1) is 0 Å². The fourth-order valence-electron chi connectivity index (χ4n) is 1.71. The van der Waals surface area contributed by atoms with E-state index in [4.69, 9.17) is 16.3 Å². The van der Waals surface area contributed by atoms with Gasteiger partial charge < -0.3 is 10.1 Å². The van der Waals surface area contributed by atoms with Gasteiger partial charge in [0.2, 0.25) is 5.88 Å². The van der Waals surface area contributed by atoms with Gasteiger partial charge in [-0.05, 0) is 12.1 Å². The molecular formula is C16H19ClN2O. The number of benzene rings is 1. The fraction of sp³-hybridized carbons (Fsp3) is 0.312. The molecule has 2 rings (SSSR count). The number of nitrogens with zero attached hydrogens (tertiary/aromatic N) is 1. The molecule has 20 heavy (non-hydrogen) atoms. The molecule has 0 bridgehead atoms. The summed E-state index contributed by atoms with van der Waals surface area (Å²) in [5, 5.41) is 4.05. The molecule has 0 fully saturated rings. The van der Waals surface area contributed by atoms with Crippen LogP contribution in [0.2, 0.25) is 5.02 Å². The Balaban J connectivity index is 1.96. The van der Waals surface area contributed by atoms with Crippen molar-refractivity contribution in [3.05, 3.63) is 58.7 Å². The van der Waals surface area contributed by atoms with Gasteiger partial charge in [0.05, 0.1) is 5.69 Å². The second-order valence-corrected chi connectivity index (χ2v) is 5.29. The molecule has 0 aliphatic carbocycles. The maximum absolute atomic E-state index is 6.10. The second kappa shape index (κ2) is 7.27. The maximum atomic E-state index is 6.10. The summed E-state index contributed by atoms with van der Waals surface area (Å²) in [5.74, 6) is 0.618. The van der Waals surface area contributed by atoms with Gasteiger partial charge in [-0.25, -0.2) is 4.98 Å². The molecule has 0 spiro atoms. The zero-order chi connectivity index (χ0) is 14.4. The Labute approximate surface area is 124 Å². The lowest BCUT2D eigenvalue weighted by molar-refractivity contribution is 0.293. The van der Waals surface area contributed by atoms with Crippen molar-refractivity contribution in [2.75, 3.05) is 0 Å². The molecule has 1 N–H and O–H groups in total. The van der Waals surface area contributed by atoms with Crippen LogP contribution in [-0.4, -0.2) is 11.0 Å². The summed E-state index contributed by atoms with van der Waals surface area (Å²) in [6, 6.07) is 13.9. The predicted molar refractivity (Wildman–Crippen MR) is 82.0 cm³/mol. The molecule has 3 nitrogen and oxygen atoms in total. The van der Waals surface area contributed by atoms with E-state index < -0.39 is 0 Å². The van der Waals surface area contributed by atoms with Crippen LogP contribution in [0.5, 0.6) is 5.88 Å². The van der Waals surface area contributed by atoms with Crippen molar-refractivity contribution in [1.29, 1.82) is 0 Å². The molecule has 4 heteroatoms. The molecule has 0 amide bonds. The molecule has 0 unspecified atom stereocenters. The molecule has 1 aromatic carbocycles. The van der Waals surface area contributed by atoms with E-state index in [0.717, 1.165) is 17.8 Å². The molecule has 1 heterocycles. The van der Waals surface area contributed by atoms with E-state index in [1.54, 1.807) is 0 Å². The van der Waals surface area contributed by atoms with E-state index in [9.17, 15) is 0 Å². The van der Waals surface area contributed by atoms with E-state index in [1.165, 1.54) is 0 Å². The summed E-state index contributed by atoms with van der Waals surface area (Å²) >= 11 is 6.10. The van der Waals surface area contributed by atoms with Gasteiger partial charge in [-0.2, -0.15) is 0 Å². The molecule has 106 valence electrons. The minimum atomic E-state index is 0.424. The Morgan fingerprint density at radius 2 is 1.95 bits per heavy atom. The summed E-state index contributed by atoms with van der Waals surface area (Å²) < 4.78 is 5.70. The maximum Gasteiger partial charge on any atom is 0.213 e. The molecule has 0 radical (unpaired) electrons. The Bertz CT molecular complexity index is 558. The largest absolute Gasteiger partial charge is 0.473 e. The predicted octanol–water partition coefficient (Wildman–Crippen LogP) is 3.81. The van der Waals surface area contributed by atoms with Gasteiger partial charge in [-0.15, -0.1) is 0 Å². The third kappa shape index (κ3) is 4.51. The van der Waals surface area contributed by atoms with E-state index in [-0.39, 0.29) is 0 Å². The monoisotopic (exact) mass is 290 g/mol. The Hall–Kier alpha value is -1.58. The number of rotatable bonds is 6. The van der Waals surface area contributed by atoms with Gasteiger partial charge in [0.15, 0.2) is 0 Å². The summed E-state index contributed by atoms with van der Waals surface area (Å²) in [6.45, 7) is 5.38. The first kappa shape index (κ1) is 14.8. The zero-order valence-corrected chi connectivity index (χ0v) is 12.5. The fourth-order valence-corrected chi connectivity index (χ4v) is 1.90. The van der Waals surface area contributed by atoms with Gasteiger partial charge in [0.25, 0.3) is 0 Å². The van der Waals surface area contributed by atoms with E-state index >= 15 is 0 Å². The van der Waals surface area contributed by atoms with Crippen molar-refractivity contribution < 1.29 is 4.74 Å². The molecule has 2 aromatic rings. The Morgan fingerprint density at radius 3 is 2.70 bits per heavy atom. The average molecular weight is 291 g/mol. The van der Waals surface area contributed by atoms with Crippen molar-refractivity contribution in [2.45, 2.75) is 33.0 Å². The van der Waals surface area contributed by atoms with Crippen LogP contribution in [0.25, 0.3) is 0 Å². The van der Waals surface area contributed by atoms with Crippen LogP contribution >= 0.6 is 11.6 Å². The lowest BCUT2D eigenvalue weighted by Gasteiger charge is -2.10. The first-order valence-corrected chi connectivity index (χ1v) is 7.08. The second-order valence-electron chi connectivity index (χ2n) is 4.88. The molecule has 0 aliphatic rings. The van der Waals surface area contributed by atoms with Gasteiger partial charge >= 0.3 is 0 Å². The SMILES string of the molecule is CC(C)NCc1cccc(OCc2ccccc2Cl)n1. The minimum Gasteiger partial charge on any atom is -0.473 e. The number of nitrogens with one attached hydrogen (secondary N) is 1. The molecule has 0 aliphatic heterocycles. The van der Waals surface area contributed by atoms with Crippen molar-refractivity contribution in [3.8, 4) is 5.88 Å². The third-order valence-corrected chi connectivity index (χ3v) is 3.17. The molecule has 0 saturated carbocycles. The average Bonchev–Trinajstić information content (AvgIpc) is 2.45. The van der Waals surface area contributed by atoms with Gasteiger partial charge in [0.1, 0.15) is 6.61 Å². The summed E-state index contributed by atoms with van der Waals surface area (Å²) in [6.07, 6.45) is 0. The van der Waals surface area contributed by atoms with E-state index in [0.29, 0.717) is 23.6 Å². The number of ether oxygens (including phenoxy) is 1. The topological polar surface area (TPSA) is 34.1 Å². The Morgan fingerprint density at radius 1 is 1.15 bits per heavy atom. The number of hydrogen-bond acceptors (Lipinski definition) is 3. The summed E-state index contributed by atoms with van der Waals surface area (Å²) in [4.78, 5) is 4.46. The van der Waals surface area contributed by atoms with Gasteiger partial charge in [-0.1, -0.05) is 49.7 Å². The van der Waals surface area contributed by atoms with Crippen molar-refractivity contribution in [2.24, 2.45) is 0 Å². The normalized spacial score (nSPS) is 10.8. The minimum absolute atomic E-state index is 0.424. The van der Waals surface area contributed by atoms with Crippen LogP contribution in [0.3, 0.4) is 0 Å². The number of pyridine rings is 1.